The summed E-state index contributed by atoms with van der Waals surface area (Å²) in [5.41, 5.74) is 5.26. The van der Waals surface area contributed by atoms with Crippen LogP contribution in [-0.4, -0.2) is 62.8 Å². The number of aliphatic hydroxyl groups is 4. The average molecular weight is 273 g/mol. The van der Waals surface area contributed by atoms with Crippen molar-refractivity contribution in [2.24, 2.45) is 5.73 Å². The fourth-order valence-electron chi connectivity index (χ4n) is 1.55. The Morgan fingerprint density at radius 1 is 1.05 bits per heavy atom. The highest BCUT2D eigenvalue weighted by Crippen LogP contribution is 2.17. The van der Waals surface area contributed by atoms with E-state index < -0.39 is 37.3 Å². The standard InChI is InChI=1S/C6H13NO5.C6H6O/c7-3-5(10)4(9)2(1-8)12-6(3)11;7-6-4-2-1-3-5-6/h2-6,8-11H,1,7H2;1-5,7H/t2-,3-,4-,5-,6?;/m1./s1. The van der Waals surface area contributed by atoms with Gasteiger partial charge in [-0.05, 0) is 12.1 Å². The lowest BCUT2D eigenvalue weighted by Gasteiger charge is -2.38. The van der Waals surface area contributed by atoms with Gasteiger partial charge in [0.25, 0.3) is 0 Å². The lowest BCUT2D eigenvalue weighted by atomic mass is 9.98. The number of phenols is 1. The van der Waals surface area contributed by atoms with Crippen molar-refractivity contribution in [3.05, 3.63) is 30.3 Å². The molecule has 7 N–H and O–H groups in total. The van der Waals surface area contributed by atoms with E-state index in [1.54, 1.807) is 24.3 Å². The molecule has 0 aromatic heterocycles. The minimum Gasteiger partial charge on any atom is -0.508 e. The number of aliphatic hydroxyl groups excluding tert-OH is 4. The lowest BCUT2D eigenvalue weighted by Crippen LogP contribution is -2.61. The van der Waals surface area contributed by atoms with E-state index >= 15 is 0 Å². The first kappa shape index (κ1) is 15.8. The number of benzene rings is 1. The minimum absolute atomic E-state index is 0.322. The van der Waals surface area contributed by atoms with Gasteiger partial charge in [-0.3, -0.25) is 0 Å². The summed E-state index contributed by atoms with van der Waals surface area (Å²) >= 11 is 0. The maximum atomic E-state index is 9.20. The first-order valence-corrected chi connectivity index (χ1v) is 5.77. The highest BCUT2D eigenvalue weighted by molar-refractivity contribution is 5.18. The normalized spacial score (nSPS) is 34.3. The van der Waals surface area contributed by atoms with Crippen molar-refractivity contribution in [2.75, 3.05) is 6.61 Å². The number of rotatable bonds is 1. The van der Waals surface area contributed by atoms with Crippen molar-refractivity contribution in [3.8, 4) is 5.75 Å². The zero-order valence-electron chi connectivity index (χ0n) is 10.2. The van der Waals surface area contributed by atoms with E-state index in [-0.39, 0.29) is 0 Å². The van der Waals surface area contributed by atoms with Crippen LogP contribution in [0.3, 0.4) is 0 Å². The Hall–Kier alpha value is -1.22. The Kier molecular flexibility index (Phi) is 6.16. The van der Waals surface area contributed by atoms with E-state index in [1.807, 2.05) is 6.07 Å². The van der Waals surface area contributed by atoms with Gasteiger partial charge in [0.15, 0.2) is 6.29 Å². The van der Waals surface area contributed by atoms with Crippen LogP contribution in [0.25, 0.3) is 0 Å². The second-order valence-electron chi connectivity index (χ2n) is 4.14. The van der Waals surface area contributed by atoms with Crippen molar-refractivity contribution in [1.29, 1.82) is 0 Å². The number of aromatic hydroxyl groups is 1. The Balaban J connectivity index is 0.000000218. The van der Waals surface area contributed by atoms with E-state index in [4.69, 9.17) is 25.8 Å². The molecule has 7 heteroatoms. The lowest BCUT2D eigenvalue weighted by molar-refractivity contribution is -0.248. The molecule has 1 saturated heterocycles. The van der Waals surface area contributed by atoms with Gasteiger partial charge in [0.05, 0.1) is 12.6 Å². The maximum Gasteiger partial charge on any atom is 0.173 e. The molecule has 19 heavy (non-hydrogen) atoms. The number of ether oxygens (including phenoxy) is 1. The molecule has 108 valence electrons. The third-order valence-corrected chi connectivity index (χ3v) is 2.70. The van der Waals surface area contributed by atoms with Crippen LogP contribution >= 0.6 is 0 Å². The molecule has 1 aliphatic heterocycles. The van der Waals surface area contributed by atoms with Crippen molar-refractivity contribution in [2.45, 2.75) is 30.6 Å². The predicted molar refractivity (Wildman–Crippen MR) is 66.1 cm³/mol. The summed E-state index contributed by atoms with van der Waals surface area (Å²) in [6.07, 6.45) is -4.85. The van der Waals surface area contributed by atoms with Crippen LogP contribution in [-0.2, 0) is 4.74 Å². The molecule has 0 amide bonds. The second-order valence-corrected chi connectivity index (χ2v) is 4.14. The molecule has 1 unspecified atom stereocenters. The molecular weight excluding hydrogens is 254 g/mol. The summed E-state index contributed by atoms with van der Waals surface area (Å²) < 4.78 is 4.70. The highest BCUT2D eigenvalue weighted by atomic mass is 16.6. The zero-order chi connectivity index (χ0) is 14.4. The van der Waals surface area contributed by atoms with Crippen LogP contribution < -0.4 is 5.73 Å². The molecule has 1 aromatic rings. The second kappa shape index (κ2) is 7.39. The fraction of sp³-hybridized carbons (Fsp3) is 0.500. The van der Waals surface area contributed by atoms with Gasteiger partial charge < -0.3 is 36.0 Å². The average Bonchev–Trinajstić information content (AvgIpc) is 2.42. The van der Waals surface area contributed by atoms with Gasteiger partial charge in [0, 0.05) is 0 Å². The van der Waals surface area contributed by atoms with Crippen LogP contribution in [0.5, 0.6) is 5.75 Å². The Morgan fingerprint density at radius 2 is 1.63 bits per heavy atom. The monoisotopic (exact) mass is 273 g/mol. The molecule has 0 saturated carbocycles. The van der Waals surface area contributed by atoms with Crippen LogP contribution in [0, 0.1) is 0 Å². The summed E-state index contributed by atoms with van der Waals surface area (Å²) in [7, 11) is 0. The van der Waals surface area contributed by atoms with Crippen molar-refractivity contribution in [3.63, 3.8) is 0 Å². The van der Waals surface area contributed by atoms with Gasteiger partial charge in [-0.15, -0.1) is 0 Å². The third kappa shape index (κ3) is 4.43. The molecule has 0 spiro atoms. The van der Waals surface area contributed by atoms with E-state index in [2.05, 4.69) is 0 Å². The summed E-state index contributed by atoms with van der Waals surface area (Å²) in [6.45, 7) is -0.470. The van der Waals surface area contributed by atoms with Crippen molar-refractivity contribution in [1.82, 2.24) is 0 Å². The first-order valence-electron chi connectivity index (χ1n) is 5.77. The van der Waals surface area contributed by atoms with Gasteiger partial charge >= 0.3 is 0 Å². The topological polar surface area (TPSA) is 136 Å². The quantitative estimate of drug-likeness (QED) is 0.353. The molecule has 1 heterocycles. The molecule has 0 aliphatic carbocycles. The van der Waals surface area contributed by atoms with Gasteiger partial charge in [-0.2, -0.15) is 0 Å². The molecule has 1 aromatic carbocycles. The Bertz CT molecular complexity index is 358. The predicted octanol–water partition coefficient (Wildman–Crippen LogP) is -1.86. The Morgan fingerprint density at radius 3 is 2.05 bits per heavy atom. The third-order valence-electron chi connectivity index (χ3n) is 2.70. The summed E-state index contributed by atoms with van der Waals surface area (Å²) in [5.74, 6) is 0.322. The highest BCUT2D eigenvalue weighted by Gasteiger charge is 2.41. The zero-order valence-corrected chi connectivity index (χ0v) is 10.2. The van der Waals surface area contributed by atoms with E-state index in [1.165, 1.54) is 0 Å². The number of hydrogen-bond acceptors (Lipinski definition) is 7. The molecule has 5 atom stereocenters. The SMILES string of the molecule is N[C@H]1C(O)O[C@H](CO)[C@@H](O)[C@@H]1O.Oc1ccccc1. The summed E-state index contributed by atoms with van der Waals surface area (Å²) in [4.78, 5) is 0. The van der Waals surface area contributed by atoms with Crippen LogP contribution in [0.15, 0.2) is 30.3 Å². The van der Waals surface area contributed by atoms with Gasteiger partial charge in [0.2, 0.25) is 0 Å². The molecule has 7 nitrogen and oxygen atoms in total. The summed E-state index contributed by atoms with van der Waals surface area (Å²) in [5, 5.41) is 44.7. The molecule has 2 rings (SSSR count). The Labute approximate surface area is 110 Å². The molecule has 1 fully saturated rings. The van der Waals surface area contributed by atoms with Crippen LogP contribution in [0.2, 0.25) is 0 Å². The number of phenolic OH excluding ortho intramolecular Hbond substituents is 1. The van der Waals surface area contributed by atoms with Crippen LogP contribution in [0.1, 0.15) is 0 Å². The van der Waals surface area contributed by atoms with Crippen molar-refractivity contribution >= 4 is 0 Å². The molecular formula is C12H19NO6. The number of nitrogens with two attached hydrogens (primary N) is 1. The summed E-state index contributed by atoms with van der Waals surface area (Å²) in [6, 6.07) is 7.67. The smallest absolute Gasteiger partial charge is 0.173 e. The minimum atomic E-state index is -1.35. The maximum absolute atomic E-state index is 9.20. The van der Waals surface area contributed by atoms with Crippen molar-refractivity contribution < 1.29 is 30.3 Å². The largest absolute Gasteiger partial charge is 0.508 e. The van der Waals surface area contributed by atoms with Gasteiger partial charge in [0.1, 0.15) is 24.1 Å². The van der Waals surface area contributed by atoms with E-state index in [9.17, 15) is 10.2 Å². The van der Waals surface area contributed by atoms with E-state index in [0.29, 0.717) is 5.75 Å². The molecule has 0 bridgehead atoms. The van der Waals surface area contributed by atoms with E-state index in [0.717, 1.165) is 0 Å². The van der Waals surface area contributed by atoms with Gasteiger partial charge in [-0.1, -0.05) is 18.2 Å². The van der Waals surface area contributed by atoms with Gasteiger partial charge in [-0.25, -0.2) is 0 Å². The number of hydrogen-bond donors (Lipinski definition) is 6. The first-order chi connectivity index (χ1) is 8.97. The molecule has 1 aliphatic rings. The number of para-hydroxylation sites is 1. The van der Waals surface area contributed by atoms with Crippen LogP contribution in [0.4, 0.5) is 0 Å². The molecule has 0 radical (unpaired) electrons. The fourth-order valence-corrected chi connectivity index (χ4v) is 1.55.